The maximum atomic E-state index is 11.1. The summed E-state index contributed by atoms with van der Waals surface area (Å²) in [6.07, 6.45) is 0.288. The van der Waals surface area contributed by atoms with Crippen molar-refractivity contribution in [2.75, 3.05) is 27.7 Å². The predicted octanol–water partition coefficient (Wildman–Crippen LogP) is 3.18. The van der Waals surface area contributed by atoms with Crippen LogP contribution in [0.3, 0.4) is 0 Å². The van der Waals surface area contributed by atoms with E-state index in [4.69, 9.17) is 23.2 Å². The number of nitrogens with zero attached hydrogens (tertiary/aromatic N) is 2. The second-order valence-electron chi connectivity index (χ2n) is 4.40. The largest absolute Gasteiger partial charge is 0.469 e. The quantitative estimate of drug-likeness (QED) is 0.318. The van der Waals surface area contributed by atoms with Crippen molar-refractivity contribution in [2.24, 2.45) is 4.99 Å². The lowest BCUT2D eigenvalue weighted by atomic mass is 10.2. The van der Waals surface area contributed by atoms with E-state index in [1.165, 1.54) is 7.11 Å². The van der Waals surface area contributed by atoms with Gasteiger partial charge in [0.1, 0.15) is 0 Å². The Morgan fingerprint density at radius 1 is 1.36 bits per heavy atom. The Bertz CT molecular complexity index is 527. The fourth-order valence-corrected chi connectivity index (χ4v) is 2.07. The molecule has 0 amide bonds. The number of hydrogen-bond acceptors (Lipinski definition) is 3. The molecule has 0 aliphatic rings. The van der Waals surface area contributed by atoms with E-state index in [1.54, 1.807) is 13.1 Å². The number of halogens is 3. The van der Waals surface area contributed by atoms with Crippen LogP contribution in [0.1, 0.15) is 12.0 Å². The van der Waals surface area contributed by atoms with Crippen LogP contribution in [0.4, 0.5) is 0 Å². The zero-order chi connectivity index (χ0) is 15.8. The van der Waals surface area contributed by atoms with Gasteiger partial charge >= 0.3 is 5.97 Å². The minimum Gasteiger partial charge on any atom is -0.469 e. The molecule has 0 fully saturated rings. The summed E-state index contributed by atoms with van der Waals surface area (Å²) >= 11 is 11.9. The van der Waals surface area contributed by atoms with Gasteiger partial charge in [-0.2, -0.15) is 0 Å². The summed E-state index contributed by atoms with van der Waals surface area (Å²) in [5.41, 5.74) is 1.02. The molecule has 0 spiro atoms. The van der Waals surface area contributed by atoms with Crippen LogP contribution in [-0.2, 0) is 16.1 Å². The number of rotatable bonds is 5. The lowest BCUT2D eigenvalue weighted by Gasteiger charge is -2.22. The summed E-state index contributed by atoms with van der Waals surface area (Å²) < 4.78 is 4.59. The molecule has 124 valence electrons. The van der Waals surface area contributed by atoms with Gasteiger partial charge in [0, 0.05) is 27.2 Å². The van der Waals surface area contributed by atoms with Crippen LogP contribution in [0.2, 0.25) is 10.0 Å². The molecule has 1 aromatic rings. The van der Waals surface area contributed by atoms with Gasteiger partial charge in [-0.25, -0.2) is 0 Å². The van der Waals surface area contributed by atoms with E-state index in [1.807, 2.05) is 24.1 Å². The summed E-state index contributed by atoms with van der Waals surface area (Å²) in [5.74, 6) is 0.426. The molecule has 1 rings (SSSR count). The lowest BCUT2D eigenvalue weighted by molar-refractivity contribution is -0.140. The monoisotopic (exact) mass is 459 g/mol. The number of hydrogen-bond donors (Lipinski definition) is 1. The number of guanidine groups is 1. The standard InChI is InChI=1S/C14H19Cl2N3O2.HI/c1-17-14(18-7-6-13(20)21-3)19(2)9-10-4-5-11(15)12(16)8-10;/h4-5,8H,6-7,9H2,1-3H3,(H,17,18);1H. The minimum absolute atomic E-state index is 0. The smallest absolute Gasteiger partial charge is 0.307 e. The first kappa shape index (κ1) is 21.3. The van der Waals surface area contributed by atoms with Crippen molar-refractivity contribution in [2.45, 2.75) is 13.0 Å². The summed E-state index contributed by atoms with van der Waals surface area (Å²) in [4.78, 5) is 17.2. The van der Waals surface area contributed by atoms with Crippen molar-refractivity contribution in [1.82, 2.24) is 10.2 Å². The Morgan fingerprint density at radius 2 is 2.05 bits per heavy atom. The number of carbonyl (C=O) groups is 1. The van der Waals surface area contributed by atoms with Crippen molar-refractivity contribution in [3.8, 4) is 0 Å². The molecule has 0 bridgehead atoms. The molecule has 5 nitrogen and oxygen atoms in total. The van der Waals surface area contributed by atoms with Crippen LogP contribution in [0.25, 0.3) is 0 Å². The van der Waals surface area contributed by atoms with Gasteiger partial charge in [-0.05, 0) is 17.7 Å². The fourth-order valence-electron chi connectivity index (χ4n) is 1.75. The molecule has 1 aromatic carbocycles. The number of esters is 1. The van der Waals surface area contributed by atoms with Gasteiger partial charge in [-0.15, -0.1) is 24.0 Å². The third kappa shape index (κ3) is 7.02. The second kappa shape index (κ2) is 10.9. The first-order chi connectivity index (χ1) is 9.97. The van der Waals surface area contributed by atoms with Crippen LogP contribution >= 0.6 is 47.2 Å². The average molecular weight is 460 g/mol. The normalized spacial score (nSPS) is 10.7. The number of nitrogens with one attached hydrogen (secondary N) is 1. The van der Waals surface area contributed by atoms with Gasteiger partial charge in [0.05, 0.1) is 23.6 Å². The Balaban J connectivity index is 0.00000441. The Labute approximate surface area is 158 Å². The van der Waals surface area contributed by atoms with E-state index >= 15 is 0 Å². The van der Waals surface area contributed by atoms with E-state index in [0.717, 1.165) is 5.56 Å². The van der Waals surface area contributed by atoms with Gasteiger partial charge < -0.3 is 15.0 Å². The average Bonchev–Trinajstić information content (AvgIpc) is 2.47. The first-order valence-corrected chi connectivity index (χ1v) is 7.16. The van der Waals surface area contributed by atoms with Crippen LogP contribution < -0.4 is 5.32 Å². The van der Waals surface area contributed by atoms with Crippen molar-refractivity contribution in [3.63, 3.8) is 0 Å². The molecule has 0 atom stereocenters. The van der Waals surface area contributed by atoms with Crippen LogP contribution in [0, 0.1) is 0 Å². The molecular weight excluding hydrogens is 440 g/mol. The Hall–Kier alpha value is -0.730. The third-order valence-electron chi connectivity index (χ3n) is 2.82. The van der Waals surface area contributed by atoms with E-state index in [9.17, 15) is 4.79 Å². The van der Waals surface area contributed by atoms with Crippen molar-refractivity contribution in [1.29, 1.82) is 0 Å². The van der Waals surface area contributed by atoms with Gasteiger partial charge in [0.15, 0.2) is 5.96 Å². The summed E-state index contributed by atoms with van der Waals surface area (Å²) in [6.45, 7) is 1.08. The van der Waals surface area contributed by atoms with E-state index in [-0.39, 0.29) is 36.4 Å². The maximum Gasteiger partial charge on any atom is 0.307 e. The number of benzene rings is 1. The Morgan fingerprint density at radius 3 is 2.59 bits per heavy atom. The number of aliphatic imine (C=N–C) groups is 1. The van der Waals surface area contributed by atoms with Crippen molar-refractivity contribution < 1.29 is 9.53 Å². The van der Waals surface area contributed by atoms with Gasteiger partial charge in [-0.3, -0.25) is 9.79 Å². The number of ether oxygens (including phenoxy) is 1. The van der Waals surface area contributed by atoms with Crippen LogP contribution in [0.15, 0.2) is 23.2 Å². The van der Waals surface area contributed by atoms with Gasteiger partial charge in [0.2, 0.25) is 0 Å². The molecule has 0 heterocycles. The summed E-state index contributed by atoms with van der Waals surface area (Å²) in [6, 6.07) is 5.50. The Kier molecular flexibility index (Phi) is 10.5. The molecule has 0 unspecified atom stereocenters. The second-order valence-corrected chi connectivity index (χ2v) is 5.22. The van der Waals surface area contributed by atoms with Crippen LogP contribution in [-0.4, -0.2) is 44.6 Å². The van der Waals surface area contributed by atoms with Gasteiger partial charge in [-0.1, -0.05) is 29.3 Å². The molecule has 0 aliphatic heterocycles. The highest BCUT2D eigenvalue weighted by Gasteiger charge is 2.08. The summed E-state index contributed by atoms with van der Waals surface area (Å²) in [5, 5.41) is 4.15. The fraction of sp³-hybridized carbons (Fsp3) is 0.429. The molecule has 0 aromatic heterocycles. The highest BCUT2D eigenvalue weighted by molar-refractivity contribution is 14.0. The van der Waals surface area contributed by atoms with E-state index in [2.05, 4.69) is 15.0 Å². The summed E-state index contributed by atoms with van der Waals surface area (Å²) in [7, 11) is 4.95. The topological polar surface area (TPSA) is 53.9 Å². The molecule has 0 saturated carbocycles. The molecular formula is C14H20Cl2IN3O2. The molecule has 8 heteroatoms. The predicted molar refractivity (Wildman–Crippen MR) is 101 cm³/mol. The molecule has 0 radical (unpaired) electrons. The maximum absolute atomic E-state index is 11.1. The van der Waals surface area contributed by atoms with E-state index < -0.39 is 0 Å². The van der Waals surface area contributed by atoms with Crippen LogP contribution in [0.5, 0.6) is 0 Å². The highest BCUT2D eigenvalue weighted by atomic mass is 127. The zero-order valence-electron chi connectivity index (χ0n) is 12.7. The molecule has 22 heavy (non-hydrogen) atoms. The third-order valence-corrected chi connectivity index (χ3v) is 3.56. The van der Waals surface area contributed by atoms with Crippen molar-refractivity contribution >= 4 is 59.1 Å². The van der Waals surface area contributed by atoms with Crippen molar-refractivity contribution in [3.05, 3.63) is 33.8 Å². The highest BCUT2D eigenvalue weighted by Crippen LogP contribution is 2.23. The first-order valence-electron chi connectivity index (χ1n) is 6.40. The van der Waals surface area contributed by atoms with E-state index in [0.29, 0.717) is 29.1 Å². The molecule has 1 N–H and O–H groups in total. The molecule has 0 saturated heterocycles. The molecule has 0 aliphatic carbocycles. The number of carbonyl (C=O) groups excluding carboxylic acids is 1. The van der Waals surface area contributed by atoms with Gasteiger partial charge in [0.25, 0.3) is 0 Å². The minimum atomic E-state index is -0.259. The SMILES string of the molecule is CN=C(NCCC(=O)OC)N(C)Cc1ccc(Cl)c(Cl)c1.I. The zero-order valence-corrected chi connectivity index (χ0v) is 16.6. The number of methoxy groups -OCH3 is 1. The lowest BCUT2D eigenvalue weighted by Crippen LogP contribution is -2.39.